The molecule has 3 aliphatic heterocycles. The smallest absolute Gasteiger partial charge is 0.322 e. The van der Waals surface area contributed by atoms with Gasteiger partial charge in [0, 0.05) is 6.54 Å². The van der Waals surface area contributed by atoms with E-state index < -0.39 is 6.04 Å². The maximum absolute atomic E-state index is 13.4. The summed E-state index contributed by atoms with van der Waals surface area (Å²) in [6, 6.07) is 6.80. The lowest BCUT2D eigenvalue weighted by atomic mass is 9.95. The number of carbonyl (C=O) groups is 2. The maximum atomic E-state index is 13.4. The number of benzene rings is 1. The fraction of sp³-hybridized carbons (Fsp3) is 0.455. The van der Waals surface area contributed by atoms with E-state index in [1.807, 2.05) is 29.2 Å². The quantitative estimate of drug-likeness (QED) is 0.615. The molecule has 0 bridgehead atoms. The van der Waals surface area contributed by atoms with Crippen LogP contribution in [0.1, 0.15) is 11.6 Å². The molecule has 3 amide bonds. The molecule has 0 aromatic heterocycles. The summed E-state index contributed by atoms with van der Waals surface area (Å²) in [6.45, 7) is 9.56. The largest absolute Gasteiger partial charge is 0.497 e. The number of carbonyl (C=O) groups excluding carboxylic acids is 2. The van der Waals surface area contributed by atoms with Crippen molar-refractivity contribution < 1.29 is 24.0 Å². The molecule has 1 aromatic rings. The summed E-state index contributed by atoms with van der Waals surface area (Å²) < 4.78 is 10.8. The number of hydrogen-bond acceptors (Lipinski definition) is 4. The maximum Gasteiger partial charge on any atom is 0.322 e. The van der Waals surface area contributed by atoms with Gasteiger partial charge in [0.05, 0.1) is 57.3 Å². The van der Waals surface area contributed by atoms with Crippen LogP contribution < -0.4 is 15.0 Å². The second-order valence-corrected chi connectivity index (χ2v) is 7.76. The lowest BCUT2D eigenvalue weighted by molar-refractivity contribution is -0.907. The van der Waals surface area contributed by atoms with Gasteiger partial charge in [-0.05, 0) is 17.7 Å². The van der Waals surface area contributed by atoms with Gasteiger partial charge >= 0.3 is 6.03 Å². The molecule has 8 nitrogen and oxygen atoms in total. The van der Waals surface area contributed by atoms with Crippen LogP contribution in [0, 0.1) is 0 Å². The second-order valence-electron chi connectivity index (χ2n) is 7.76. The molecule has 0 spiro atoms. The van der Waals surface area contributed by atoms with Crippen molar-refractivity contribution in [2.24, 2.45) is 0 Å². The topological polar surface area (TPSA) is 75.6 Å². The SMILES string of the molecule is C=CCN1C(=O)N[C@@H](c2cccc(OC)c2)C2=C1CN(CC[NH+]1CCOCC1)C2=O. The number of nitrogens with zero attached hydrogens (tertiary/aromatic N) is 2. The highest BCUT2D eigenvalue weighted by Crippen LogP contribution is 2.36. The van der Waals surface area contributed by atoms with Gasteiger partial charge in [0.1, 0.15) is 18.8 Å². The van der Waals surface area contributed by atoms with E-state index in [9.17, 15) is 9.59 Å². The van der Waals surface area contributed by atoms with Crippen LogP contribution in [0.25, 0.3) is 0 Å². The van der Waals surface area contributed by atoms with Crippen LogP contribution in [0.5, 0.6) is 5.75 Å². The van der Waals surface area contributed by atoms with E-state index in [1.165, 1.54) is 4.90 Å². The third-order valence-electron chi connectivity index (χ3n) is 5.97. The number of hydrogen-bond donors (Lipinski definition) is 2. The molecule has 8 heteroatoms. The first kappa shape index (κ1) is 20.4. The molecule has 3 heterocycles. The predicted molar refractivity (Wildman–Crippen MR) is 111 cm³/mol. The number of nitrogens with one attached hydrogen (secondary N) is 2. The Labute approximate surface area is 176 Å². The Hall–Kier alpha value is -2.84. The summed E-state index contributed by atoms with van der Waals surface area (Å²) >= 11 is 0. The Morgan fingerprint density at radius 1 is 1.33 bits per heavy atom. The molecular weight excluding hydrogens is 384 g/mol. The normalized spacial score (nSPS) is 22.2. The average molecular weight is 413 g/mol. The number of ether oxygens (including phenoxy) is 2. The van der Waals surface area contributed by atoms with Crippen LogP contribution in [-0.4, -0.2) is 81.3 Å². The summed E-state index contributed by atoms with van der Waals surface area (Å²) in [5, 5.41) is 3.00. The Bertz CT molecular complexity index is 862. The van der Waals surface area contributed by atoms with E-state index in [1.54, 1.807) is 18.1 Å². The first-order valence-corrected chi connectivity index (χ1v) is 10.4. The van der Waals surface area contributed by atoms with Crippen LogP contribution in [0.3, 0.4) is 0 Å². The molecule has 0 aliphatic carbocycles. The zero-order valence-corrected chi connectivity index (χ0v) is 17.4. The van der Waals surface area contributed by atoms with Crippen molar-refractivity contribution in [1.29, 1.82) is 0 Å². The minimum Gasteiger partial charge on any atom is -0.497 e. The summed E-state index contributed by atoms with van der Waals surface area (Å²) in [4.78, 5) is 31.2. The van der Waals surface area contributed by atoms with Crippen molar-refractivity contribution in [3.8, 4) is 5.75 Å². The molecule has 2 N–H and O–H groups in total. The molecule has 0 saturated carbocycles. The highest BCUT2D eigenvalue weighted by atomic mass is 16.5. The van der Waals surface area contributed by atoms with Crippen molar-refractivity contribution in [3.05, 3.63) is 53.8 Å². The number of urea groups is 1. The minimum atomic E-state index is -0.489. The number of morpholine rings is 1. The van der Waals surface area contributed by atoms with Crippen LogP contribution in [-0.2, 0) is 9.53 Å². The predicted octanol–water partition coefficient (Wildman–Crippen LogP) is -0.0411. The van der Waals surface area contributed by atoms with Gasteiger partial charge in [0.25, 0.3) is 5.91 Å². The van der Waals surface area contributed by atoms with Gasteiger partial charge in [-0.2, -0.15) is 0 Å². The van der Waals surface area contributed by atoms with Gasteiger partial charge in [0.2, 0.25) is 0 Å². The molecule has 1 saturated heterocycles. The third-order valence-corrected chi connectivity index (χ3v) is 5.97. The summed E-state index contributed by atoms with van der Waals surface area (Å²) in [6.07, 6.45) is 1.68. The number of amides is 3. The molecule has 30 heavy (non-hydrogen) atoms. The Kier molecular flexibility index (Phi) is 6.06. The molecular formula is C22H29N4O4+. The van der Waals surface area contributed by atoms with Gasteiger partial charge in [-0.3, -0.25) is 9.69 Å². The van der Waals surface area contributed by atoms with Crippen molar-refractivity contribution in [2.45, 2.75) is 6.04 Å². The number of rotatable bonds is 7. The first-order chi connectivity index (χ1) is 14.6. The zero-order valence-electron chi connectivity index (χ0n) is 17.4. The lowest BCUT2D eigenvalue weighted by Crippen LogP contribution is -3.14. The Morgan fingerprint density at radius 2 is 2.13 bits per heavy atom. The molecule has 0 unspecified atom stereocenters. The fourth-order valence-electron chi connectivity index (χ4n) is 4.33. The van der Waals surface area contributed by atoms with Crippen LogP contribution in [0.2, 0.25) is 0 Å². The highest BCUT2D eigenvalue weighted by molar-refractivity contribution is 6.01. The standard InChI is InChI=1S/C22H28N4O4/c1-3-7-26-18-15-25(9-8-24-10-12-30-13-11-24)21(27)19(18)20(23-22(26)28)16-5-4-6-17(14-16)29-2/h3-6,14,20H,1,7-13,15H2,2H3,(H,23,28)/p+1/t20-/m0/s1. The zero-order chi connectivity index (χ0) is 21.1. The average Bonchev–Trinajstić information content (AvgIpc) is 3.11. The monoisotopic (exact) mass is 413 g/mol. The van der Waals surface area contributed by atoms with Gasteiger partial charge in [-0.1, -0.05) is 18.2 Å². The highest BCUT2D eigenvalue weighted by Gasteiger charge is 2.43. The van der Waals surface area contributed by atoms with Crippen molar-refractivity contribution >= 4 is 11.9 Å². The fourth-order valence-corrected chi connectivity index (χ4v) is 4.33. The molecule has 4 rings (SSSR count). The molecule has 160 valence electrons. The van der Waals surface area contributed by atoms with Crippen LogP contribution in [0.15, 0.2) is 48.2 Å². The summed E-state index contributed by atoms with van der Waals surface area (Å²) in [7, 11) is 1.60. The van der Waals surface area contributed by atoms with Crippen molar-refractivity contribution in [3.63, 3.8) is 0 Å². The van der Waals surface area contributed by atoms with Crippen LogP contribution in [0.4, 0.5) is 4.79 Å². The van der Waals surface area contributed by atoms with Crippen molar-refractivity contribution in [1.82, 2.24) is 15.1 Å². The molecule has 1 atom stereocenters. The Morgan fingerprint density at radius 3 is 2.87 bits per heavy atom. The number of quaternary nitrogens is 1. The van der Waals surface area contributed by atoms with E-state index >= 15 is 0 Å². The number of methoxy groups -OCH3 is 1. The first-order valence-electron chi connectivity index (χ1n) is 10.4. The molecule has 0 radical (unpaired) electrons. The minimum absolute atomic E-state index is 0.0143. The van der Waals surface area contributed by atoms with Gasteiger partial charge in [-0.15, -0.1) is 6.58 Å². The molecule has 1 fully saturated rings. The van der Waals surface area contributed by atoms with E-state index in [4.69, 9.17) is 9.47 Å². The van der Waals surface area contributed by atoms with Gasteiger partial charge in [0.15, 0.2) is 0 Å². The van der Waals surface area contributed by atoms with Crippen LogP contribution >= 0.6 is 0 Å². The van der Waals surface area contributed by atoms with E-state index in [-0.39, 0.29) is 11.9 Å². The van der Waals surface area contributed by atoms with E-state index in [0.717, 1.165) is 44.1 Å². The Balaban J connectivity index is 1.59. The van der Waals surface area contributed by atoms with Crippen molar-refractivity contribution in [2.75, 3.05) is 59.6 Å². The summed E-state index contributed by atoms with van der Waals surface area (Å²) in [5.41, 5.74) is 2.25. The van der Waals surface area contributed by atoms with E-state index in [2.05, 4.69) is 11.9 Å². The summed E-state index contributed by atoms with van der Waals surface area (Å²) in [5.74, 6) is 0.676. The molecule has 3 aliphatic rings. The van der Waals surface area contributed by atoms with Gasteiger partial charge in [-0.25, -0.2) is 4.79 Å². The lowest BCUT2D eigenvalue weighted by Gasteiger charge is -2.33. The second kappa shape index (κ2) is 8.89. The van der Waals surface area contributed by atoms with E-state index in [0.29, 0.717) is 31.0 Å². The third kappa shape index (κ3) is 3.93. The molecule has 1 aromatic carbocycles. The van der Waals surface area contributed by atoms with Gasteiger partial charge < -0.3 is 24.6 Å².